The quantitative estimate of drug-likeness (QED) is 0.766. The number of anilines is 1. The van der Waals surface area contributed by atoms with Crippen molar-refractivity contribution < 1.29 is 9.53 Å². The van der Waals surface area contributed by atoms with Gasteiger partial charge in [-0.3, -0.25) is 0 Å². The van der Waals surface area contributed by atoms with E-state index in [4.69, 9.17) is 0 Å². The first kappa shape index (κ1) is 13.5. The molecule has 0 saturated carbocycles. The van der Waals surface area contributed by atoms with E-state index < -0.39 is 0 Å². The molecule has 0 amide bonds. The molecule has 1 aromatic rings. The Labute approximate surface area is 102 Å². The van der Waals surface area contributed by atoms with E-state index in [1.807, 2.05) is 19.2 Å². The Morgan fingerprint density at radius 2 is 2.12 bits per heavy atom. The zero-order chi connectivity index (χ0) is 12.9. The van der Waals surface area contributed by atoms with Crippen LogP contribution in [0.1, 0.15) is 24.2 Å². The summed E-state index contributed by atoms with van der Waals surface area (Å²) in [6.07, 6.45) is 0. The van der Waals surface area contributed by atoms with Crippen molar-refractivity contribution in [3.8, 4) is 0 Å². The zero-order valence-corrected chi connectivity index (χ0v) is 10.8. The van der Waals surface area contributed by atoms with Crippen molar-refractivity contribution in [1.29, 1.82) is 0 Å². The van der Waals surface area contributed by atoms with Crippen LogP contribution in [-0.2, 0) is 4.74 Å². The Morgan fingerprint density at radius 1 is 1.41 bits per heavy atom. The van der Waals surface area contributed by atoms with Gasteiger partial charge in [0.05, 0.1) is 12.7 Å². The lowest BCUT2D eigenvalue weighted by Gasteiger charge is -2.27. The van der Waals surface area contributed by atoms with E-state index in [9.17, 15) is 4.79 Å². The van der Waals surface area contributed by atoms with Crippen LogP contribution in [0.25, 0.3) is 0 Å². The molecule has 94 valence electrons. The highest BCUT2D eigenvalue weighted by molar-refractivity contribution is 5.90. The first-order valence-corrected chi connectivity index (χ1v) is 5.59. The number of carbonyl (C=O) groups is 1. The molecule has 1 aromatic carbocycles. The van der Waals surface area contributed by atoms with Crippen LogP contribution < -0.4 is 10.6 Å². The Hall–Kier alpha value is -1.55. The number of ether oxygens (including phenoxy) is 1. The van der Waals surface area contributed by atoms with Gasteiger partial charge in [0.15, 0.2) is 0 Å². The average Bonchev–Trinajstić information content (AvgIpc) is 2.27. The topological polar surface area (TPSA) is 50.4 Å². The molecule has 2 N–H and O–H groups in total. The molecule has 0 aliphatic rings. The van der Waals surface area contributed by atoms with E-state index in [1.54, 1.807) is 12.1 Å². The molecule has 0 aliphatic carbocycles. The maximum absolute atomic E-state index is 11.4. The second-order valence-electron chi connectivity index (χ2n) is 4.61. The molecule has 1 rings (SSSR count). The Bertz CT molecular complexity index is 389. The molecule has 0 atom stereocenters. The van der Waals surface area contributed by atoms with E-state index in [2.05, 4.69) is 29.2 Å². The van der Waals surface area contributed by atoms with Gasteiger partial charge in [-0.1, -0.05) is 6.07 Å². The number of benzene rings is 1. The first-order valence-electron chi connectivity index (χ1n) is 5.59. The summed E-state index contributed by atoms with van der Waals surface area (Å²) in [5.41, 5.74) is 1.38. The Balaban J connectivity index is 2.82. The van der Waals surface area contributed by atoms with Crippen molar-refractivity contribution >= 4 is 11.7 Å². The van der Waals surface area contributed by atoms with Crippen molar-refractivity contribution in [1.82, 2.24) is 5.32 Å². The number of hydrogen-bond donors (Lipinski definition) is 2. The van der Waals surface area contributed by atoms with Crippen LogP contribution in [-0.4, -0.2) is 32.2 Å². The van der Waals surface area contributed by atoms with Crippen LogP contribution in [0.15, 0.2) is 24.3 Å². The summed E-state index contributed by atoms with van der Waals surface area (Å²) >= 11 is 0. The number of hydrogen-bond acceptors (Lipinski definition) is 4. The number of nitrogens with one attached hydrogen (secondary N) is 2. The fraction of sp³-hybridized carbons (Fsp3) is 0.462. The molecule has 0 aromatic heterocycles. The van der Waals surface area contributed by atoms with Crippen molar-refractivity contribution in [3.63, 3.8) is 0 Å². The molecule has 17 heavy (non-hydrogen) atoms. The SMILES string of the molecule is CNCC(C)(C)Nc1cccc(C(=O)OC)c1. The number of rotatable bonds is 5. The van der Waals surface area contributed by atoms with Crippen LogP contribution in [0.3, 0.4) is 0 Å². The Kier molecular flexibility index (Phi) is 4.52. The van der Waals surface area contributed by atoms with E-state index in [0.717, 1.165) is 12.2 Å². The van der Waals surface area contributed by atoms with E-state index in [0.29, 0.717) is 5.56 Å². The number of esters is 1. The van der Waals surface area contributed by atoms with Crippen molar-refractivity contribution in [2.24, 2.45) is 0 Å². The van der Waals surface area contributed by atoms with Gasteiger partial charge in [0.25, 0.3) is 0 Å². The van der Waals surface area contributed by atoms with Crippen LogP contribution in [0.4, 0.5) is 5.69 Å². The summed E-state index contributed by atoms with van der Waals surface area (Å²) in [5.74, 6) is -0.319. The highest BCUT2D eigenvalue weighted by Gasteiger charge is 2.16. The van der Waals surface area contributed by atoms with Gasteiger partial charge in [0.2, 0.25) is 0 Å². The predicted octanol–water partition coefficient (Wildman–Crippen LogP) is 1.88. The standard InChI is InChI=1S/C13H20N2O2/c1-13(2,9-14-3)15-11-7-5-6-10(8-11)12(16)17-4/h5-8,14-15H,9H2,1-4H3. The molecule has 4 heteroatoms. The largest absolute Gasteiger partial charge is 0.465 e. The molecular weight excluding hydrogens is 216 g/mol. The molecule has 0 bridgehead atoms. The second-order valence-corrected chi connectivity index (χ2v) is 4.61. The summed E-state index contributed by atoms with van der Waals surface area (Å²) in [6, 6.07) is 7.30. The second kappa shape index (κ2) is 5.68. The fourth-order valence-corrected chi connectivity index (χ4v) is 1.72. The van der Waals surface area contributed by atoms with Crippen molar-refractivity contribution in [2.75, 3.05) is 26.0 Å². The third-order valence-electron chi connectivity index (χ3n) is 2.39. The number of likely N-dealkylation sites (N-methyl/N-ethyl adjacent to an activating group) is 1. The van der Waals surface area contributed by atoms with Gasteiger partial charge in [-0.2, -0.15) is 0 Å². The minimum Gasteiger partial charge on any atom is -0.465 e. The molecule has 4 nitrogen and oxygen atoms in total. The van der Waals surface area contributed by atoms with E-state index in [-0.39, 0.29) is 11.5 Å². The lowest BCUT2D eigenvalue weighted by molar-refractivity contribution is 0.0601. The molecule has 0 spiro atoms. The van der Waals surface area contributed by atoms with Gasteiger partial charge in [-0.05, 0) is 39.1 Å². The molecule has 0 fully saturated rings. The predicted molar refractivity (Wildman–Crippen MR) is 69.4 cm³/mol. The lowest BCUT2D eigenvalue weighted by Crippen LogP contribution is -2.40. The number of carbonyl (C=O) groups excluding carboxylic acids is 1. The van der Waals surface area contributed by atoms with Gasteiger partial charge in [-0.25, -0.2) is 4.79 Å². The van der Waals surface area contributed by atoms with Crippen LogP contribution >= 0.6 is 0 Å². The minimum absolute atomic E-state index is 0.0799. The van der Waals surface area contributed by atoms with Crippen LogP contribution in [0.2, 0.25) is 0 Å². The summed E-state index contributed by atoms with van der Waals surface area (Å²) < 4.78 is 4.69. The zero-order valence-electron chi connectivity index (χ0n) is 10.8. The molecular formula is C13H20N2O2. The minimum atomic E-state index is -0.319. The van der Waals surface area contributed by atoms with E-state index in [1.165, 1.54) is 7.11 Å². The third-order valence-corrected chi connectivity index (χ3v) is 2.39. The third kappa shape index (κ3) is 4.07. The summed E-state index contributed by atoms with van der Waals surface area (Å²) in [4.78, 5) is 11.4. The monoisotopic (exact) mass is 236 g/mol. The number of methoxy groups -OCH3 is 1. The van der Waals surface area contributed by atoms with Gasteiger partial charge >= 0.3 is 5.97 Å². The first-order chi connectivity index (χ1) is 7.98. The lowest BCUT2D eigenvalue weighted by atomic mass is 10.0. The smallest absolute Gasteiger partial charge is 0.337 e. The average molecular weight is 236 g/mol. The highest BCUT2D eigenvalue weighted by Crippen LogP contribution is 2.16. The summed E-state index contributed by atoms with van der Waals surface area (Å²) in [7, 11) is 3.29. The fourth-order valence-electron chi connectivity index (χ4n) is 1.72. The molecule has 0 unspecified atom stereocenters. The highest BCUT2D eigenvalue weighted by atomic mass is 16.5. The Morgan fingerprint density at radius 3 is 2.71 bits per heavy atom. The normalized spacial score (nSPS) is 11.1. The van der Waals surface area contributed by atoms with Gasteiger partial charge in [-0.15, -0.1) is 0 Å². The molecule has 0 heterocycles. The molecule has 0 saturated heterocycles. The summed E-state index contributed by atoms with van der Waals surface area (Å²) in [5, 5.41) is 6.49. The van der Waals surface area contributed by atoms with Gasteiger partial charge in [0, 0.05) is 17.8 Å². The maximum atomic E-state index is 11.4. The van der Waals surface area contributed by atoms with Crippen LogP contribution in [0, 0.1) is 0 Å². The van der Waals surface area contributed by atoms with Crippen molar-refractivity contribution in [2.45, 2.75) is 19.4 Å². The van der Waals surface area contributed by atoms with Gasteiger partial charge in [0.1, 0.15) is 0 Å². The summed E-state index contributed by atoms with van der Waals surface area (Å²) in [6.45, 7) is 5.01. The van der Waals surface area contributed by atoms with E-state index >= 15 is 0 Å². The van der Waals surface area contributed by atoms with Crippen molar-refractivity contribution in [3.05, 3.63) is 29.8 Å². The molecule has 0 radical (unpaired) electrons. The van der Waals surface area contributed by atoms with Crippen LogP contribution in [0.5, 0.6) is 0 Å². The van der Waals surface area contributed by atoms with Gasteiger partial charge < -0.3 is 15.4 Å². The molecule has 0 aliphatic heterocycles. The maximum Gasteiger partial charge on any atom is 0.337 e.